The molecular formula is C14H20F3N. The van der Waals surface area contributed by atoms with Gasteiger partial charge in [0, 0.05) is 12.0 Å². The van der Waals surface area contributed by atoms with Crippen LogP contribution in [0, 0.1) is 0 Å². The molecule has 102 valence electrons. The quantitative estimate of drug-likeness (QED) is 0.843. The Labute approximate surface area is 106 Å². The molecule has 0 aromatic heterocycles. The van der Waals surface area contributed by atoms with Gasteiger partial charge in [-0.15, -0.1) is 0 Å². The zero-order valence-electron chi connectivity index (χ0n) is 11.1. The van der Waals surface area contributed by atoms with Crippen LogP contribution in [-0.2, 0) is 11.6 Å². The summed E-state index contributed by atoms with van der Waals surface area (Å²) in [6.45, 7) is 4.71. The minimum atomic E-state index is -4.27. The van der Waals surface area contributed by atoms with Gasteiger partial charge in [0.15, 0.2) is 0 Å². The number of hydrogen-bond donors (Lipinski definition) is 1. The number of likely N-dealkylation sites (N-methyl/N-ethyl adjacent to an activating group) is 1. The van der Waals surface area contributed by atoms with E-state index in [1.165, 1.54) is 12.1 Å². The molecule has 0 radical (unpaired) electrons. The standard InChI is InChI=1S/C14H20F3N/c1-4-13(5-2,10-18-3)11-7-6-8-12(9-11)14(15,16)17/h6-9,18H,4-5,10H2,1-3H3. The Balaban J connectivity index is 3.21. The molecule has 0 saturated heterocycles. The normalized spacial score (nSPS) is 12.8. The summed E-state index contributed by atoms with van der Waals surface area (Å²) in [4.78, 5) is 0. The first-order valence-corrected chi connectivity index (χ1v) is 6.22. The van der Waals surface area contributed by atoms with Gasteiger partial charge in [0.25, 0.3) is 0 Å². The third-order valence-corrected chi connectivity index (χ3v) is 3.67. The van der Waals surface area contributed by atoms with E-state index in [4.69, 9.17) is 0 Å². The largest absolute Gasteiger partial charge is 0.416 e. The topological polar surface area (TPSA) is 12.0 Å². The fraction of sp³-hybridized carbons (Fsp3) is 0.571. The van der Waals surface area contributed by atoms with Gasteiger partial charge in [-0.25, -0.2) is 0 Å². The summed E-state index contributed by atoms with van der Waals surface area (Å²) in [5.41, 5.74) is -0.0326. The minimum Gasteiger partial charge on any atom is -0.319 e. The van der Waals surface area contributed by atoms with Gasteiger partial charge < -0.3 is 5.32 Å². The molecule has 0 saturated carbocycles. The number of rotatable bonds is 5. The number of alkyl halides is 3. The van der Waals surface area contributed by atoms with E-state index in [9.17, 15) is 13.2 Å². The van der Waals surface area contributed by atoms with E-state index in [-0.39, 0.29) is 5.41 Å². The highest BCUT2D eigenvalue weighted by Gasteiger charge is 2.33. The van der Waals surface area contributed by atoms with Crippen LogP contribution in [0.3, 0.4) is 0 Å². The summed E-state index contributed by atoms with van der Waals surface area (Å²) in [6, 6.07) is 5.69. The smallest absolute Gasteiger partial charge is 0.319 e. The van der Waals surface area contributed by atoms with Crippen molar-refractivity contribution in [2.45, 2.75) is 38.3 Å². The summed E-state index contributed by atoms with van der Waals surface area (Å²) in [7, 11) is 1.83. The summed E-state index contributed by atoms with van der Waals surface area (Å²) in [6.07, 6.45) is -2.65. The number of benzene rings is 1. The van der Waals surface area contributed by atoms with Crippen molar-refractivity contribution >= 4 is 0 Å². The van der Waals surface area contributed by atoms with Crippen molar-refractivity contribution in [3.05, 3.63) is 35.4 Å². The highest BCUT2D eigenvalue weighted by atomic mass is 19.4. The van der Waals surface area contributed by atoms with Crippen molar-refractivity contribution in [2.24, 2.45) is 0 Å². The van der Waals surface area contributed by atoms with Crippen LogP contribution >= 0.6 is 0 Å². The molecule has 1 aromatic rings. The maximum atomic E-state index is 12.7. The molecule has 1 N–H and O–H groups in total. The van der Waals surface area contributed by atoms with Crippen LogP contribution in [0.1, 0.15) is 37.8 Å². The molecule has 0 bridgehead atoms. The van der Waals surface area contributed by atoms with Gasteiger partial charge in [-0.3, -0.25) is 0 Å². The second-order valence-electron chi connectivity index (χ2n) is 4.60. The number of hydrogen-bond acceptors (Lipinski definition) is 1. The SMILES string of the molecule is CCC(CC)(CNC)c1cccc(C(F)(F)F)c1. The van der Waals surface area contributed by atoms with Gasteiger partial charge >= 0.3 is 6.18 Å². The molecule has 0 atom stereocenters. The molecule has 4 heteroatoms. The van der Waals surface area contributed by atoms with E-state index in [0.29, 0.717) is 6.54 Å². The lowest BCUT2D eigenvalue weighted by atomic mass is 9.75. The summed E-state index contributed by atoms with van der Waals surface area (Å²) >= 11 is 0. The molecule has 0 unspecified atom stereocenters. The highest BCUT2D eigenvalue weighted by molar-refractivity contribution is 5.32. The van der Waals surface area contributed by atoms with Crippen molar-refractivity contribution in [3.63, 3.8) is 0 Å². The van der Waals surface area contributed by atoms with Crippen molar-refractivity contribution in [2.75, 3.05) is 13.6 Å². The van der Waals surface area contributed by atoms with Crippen LogP contribution in [0.25, 0.3) is 0 Å². The number of nitrogens with one attached hydrogen (secondary N) is 1. The van der Waals surface area contributed by atoms with Crippen molar-refractivity contribution in [3.8, 4) is 0 Å². The first kappa shape index (κ1) is 15.0. The third kappa shape index (κ3) is 3.05. The monoisotopic (exact) mass is 259 g/mol. The van der Waals surface area contributed by atoms with Crippen LogP contribution in [0.5, 0.6) is 0 Å². The summed E-state index contributed by atoms with van der Waals surface area (Å²) < 4.78 is 38.2. The molecule has 0 amide bonds. The van der Waals surface area contributed by atoms with Crippen LogP contribution in [0.15, 0.2) is 24.3 Å². The van der Waals surface area contributed by atoms with Gasteiger partial charge in [0.2, 0.25) is 0 Å². The zero-order valence-corrected chi connectivity index (χ0v) is 11.1. The molecule has 1 rings (SSSR count). The highest BCUT2D eigenvalue weighted by Crippen LogP contribution is 2.35. The van der Waals surface area contributed by atoms with Crippen LogP contribution in [0.4, 0.5) is 13.2 Å². The average molecular weight is 259 g/mol. The van der Waals surface area contributed by atoms with E-state index in [1.54, 1.807) is 6.07 Å². The maximum absolute atomic E-state index is 12.7. The average Bonchev–Trinajstić information content (AvgIpc) is 2.35. The van der Waals surface area contributed by atoms with Gasteiger partial charge in [0.05, 0.1) is 5.56 Å². The molecule has 1 nitrogen and oxygen atoms in total. The Morgan fingerprint density at radius 1 is 1.06 bits per heavy atom. The second kappa shape index (κ2) is 5.74. The van der Waals surface area contributed by atoms with E-state index >= 15 is 0 Å². The predicted octanol–water partition coefficient (Wildman–Crippen LogP) is 3.98. The van der Waals surface area contributed by atoms with E-state index in [2.05, 4.69) is 5.32 Å². The fourth-order valence-corrected chi connectivity index (χ4v) is 2.37. The Morgan fingerprint density at radius 3 is 2.06 bits per heavy atom. The molecule has 0 heterocycles. The lowest BCUT2D eigenvalue weighted by Crippen LogP contribution is -2.36. The fourth-order valence-electron chi connectivity index (χ4n) is 2.37. The molecule has 18 heavy (non-hydrogen) atoms. The first-order valence-electron chi connectivity index (χ1n) is 6.22. The van der Waals surface area contributed by atoms with Crippen molar-refractivity contribution in [1.82, 2.24) is 5.32 Å². The summed E-state index contributed by atoms with van der Waals surface area (Å²) in [5.74, 6) is 0. The van der Waals surface area contributed by atoms with Crippen LogP contribution in [-0.4, -0.2) is 13.6 Å². The molecule has 0 aliphatic carbocycles. The second-order valence-corrected chi connectivity index (χ2v) is 4.60. The Hall–Kier alpha value is -1.03. The van der Waals surface area contributed by atoms with Crippen molar-refractivity contribution < 1.29 is 13.2 Å². The molecule has 0 aliphatic rings. The first-order chi connectivity index (χ1) is 8.39. The van der Waals surface area contributed by atoms with Crippen LogP contribution in [0.2, 0.25) is 0 Å². The molecule has 1 aromatic carbocycles. The molecule has 0 aliphatic heterocycles. The number of halogens is 3. The van der Waals surface area contributed by atoms with Crippen molar-refractivity contribution in [1.29, 1.82) is 0 Å². The van der Waals surface area contributed by atoms with E-state index in [1.807, 2.05) is 20.9 Å². The lowest BCUT2D eigenvalue weighted by molar-refractivity contribution is -0.137. The summed E-state index contributed by atoms with van der Waals surface area (Å²) in [5, 5.41) is 3.09. The lowest BCUT2D eigenvalue weighted by Gasteiger charge is -2.32. The Morgan fingerprint density at radius 2 is 1.61 bits per heavy atom. The van der Waals surface area contributed by atoms with E-state index < -0.39 is 11.7 Å². The van der Waals surface area contributed by atoms with E-state index in [0.717, 1.165) is 24.5 Å². The molecular weight excluding hydrogens is 239 g/mol. The van der Waals surface area contributed by atoms with Gasteiger partial charge in [-0.1, -0.05) is 32.0 Å². The third-order valence-electron chi connectivity index (χ3n) is 3.67. The minimum absolute atomic E-state index is 0.226. The van der Waals surface area contributed by atoms with Gasteiger partial charge in [0.1, 0.15) is 0 Å². The molecule has 0 fully saturated rings. The zero-order chi connectivity index (χ0) is 13.8. The van der Waals surface area contributed by atoms with Crippen LogP contribution < -0.4 is 5.32 Å². The van der Waals surface area contributed by atoms with Gasteiger partial charge in [-0.2, -0.15) is 13.2 Å². The van der Waals surface area contributed by atoms with Gasteiger partial charge in [-0.05, 0) is 31.5 Å². The Kier molecular flexibility index (Phi) is 4.79. The Bertz CT molecular complexity index is 381. The predicted molar refractivity (Wildman–Crippen MR) is 67.6 cm³/mol. The molecule has 0 spiro atoms. The maximum Gasteiger partial charge on any atom is 0.416 e.